The molecule has 1 rings (SSSR count). The molecule has 2 N–H and O–H groups in total. The second kappa shape index (κ2) is 11.0. The number of nitrogens with one attached hydrogen (secondary N) is 1. The highest BCUT2D eigenvalue weighted by Gasteiger charge is 2.21. The molecular weight excluding hydrogens is 378 g/mol. The number of aliphatic hydroxyl groups excluding tert-OH is 1. The highest BCUT2D eigenvalue weighted by molar-refractivity contribution is 7.86. The minimum Gasteiger partial charge on any atom is -0.427 e. The maximum Gasteiger partial charge on any atom is 0.312 e. The van der Waals surface area contributed by atoms with E-state index in [1.54, 1.807) is 19.1 Å². The van der Waals surface area contributed by atoms with Gasteiger partial charge in [0.05, 0.1) is 25.3 Å². The summed E-state index contributed by atoms with van der Waals surface area (Å²) >= 11 is 0. The average molecular weight is 403 g/mol. The molecule has 0 heterocycles. The van der Waals surface area contributed by atoms with Crippen molar-refractivity contribution in [2.75, 3.05) is 19.5 Å². The molecule has 0 spiro atoms. The van der Waals surface area contributed by atoms with Crippen molar-refractivity contribution < 1.29 is 36.8 Å². The first-order valence-corrected chi connectivity index (χ1v) is 9.89. The Hall–Kier alpha value is -2.01. The number of esters is 1. The molecule has 2 unspecified atom stereocenters. The third-order valence-corrected chi connectivity index (χ3v) is 4.70. The van der Waals surface area contributed by atoms with Crippen molar-refractivity contribution in [3.63, 3.8) is 0 Å². The molecular formula is C17H25NO8S. The first kappa shape index (κ1) is 23.0. The van der Waals surface area contributed by atoms with Crippen molar-refractivity contribution in [3.05, 3.63) is 29.8 Å². The lowest BCUT2D eigenvalue weighted by molar-refractivity contribution is -0.134. The van der Waals surface area contributed by atoms with Crippen molar-refractivity contribution in [3.8, 4) is 5.75 Å². The zero-order chi connectivity index (χ0) is 20.4. The fourth-order valence-electron chi connectivity index (χ4n) is 2.19. The minimum atomic E-state index is -3.72. The normalized spacial score (nSPS) is 13.6. The van der Waals surface area contributed by atoms with E-state index in [9.17, 15) is 23.1 Å². The van der Waals surface area contributed by atoms with Crippen molar-refractivity contribution in [2.45, 2.75) is 39.0 Å². The number of hydrogen-bond donors (Lipinski definition) is 2. The summed E-state index contributed by atoms with van der Waals surface area (Å²) in [7, 11) is -2.70. The number of ether oxygens (including phenoxy) is 2. The monoisotopic (exact) mass is 403 g/mol. The van der Waals surface area contributed by atoms with E-state index >= 15 is 0 Å². The fourth-order valence-corrected chi connectivity index (χ4v) is 2.78. The number of hydrogen-bond acceptors (Lipinski definition) is 8. The topological polar surface area (TPSA) is 128 Å². The van der Waals surface area contributed by atoms with Crippen molar-refractivity contribution in [1.82, 2.24) is 5.32 Å². The van der Waals surface area contributed by atoms with Crippen LogP contribution in [0.4, 0.5) is 0 Å². The number of carbonyl (C=O) groups is 2. The van der Waals surface area contributed by atoms with E-state index in [0.29, 0.717) is 13.0 Å². The molecule has 9 nitrogen and oxygen atoms in total. The van der Waals surface area contributed by atoms with Gasteiger partial charge in [-0.1, -0.05) is 12.1 Å². The van der Waals surface area contributed by atoms with Gasteiger partial charge in [0.1, 0.15) is 5.75 Å². The minimum absolute atomic E-state index is 0.250. The van der Waals surface area contributed by atoms with Crippen LogP contribution < -0.4 is 10.1 Å². The number of benzene rings is 1. The van der Waals surface area contributed by atoms with Crippen molar-refractivity contribution >= 4 is 22.0 Å². The van der Waals surface area contributed by atoms with E-state index < -0.39 is 34.2 Å². The molecule has 1 aromatic rings. The van der Waals surface area contributed by atoms with Gasteiger partial charge in [0.2, 0.25) is 5.91 Å². The molecule has 0 aromatic heterocycles. The van der Waals surface area contributed by atoms with Crippen LogP contribution in [0.3, 0.4) is 0 Å². The Bertz CT molecular complexity index is 717. The Balaban J connectivity index is 2.66. The van der Waals surface area contributed by atoms with E-state index in [1.165, 1.54) is 19.1 Å². The first-order valence-electron chi connectivity index (χ1n) is 8.31. The van der Waals surface area contributed by atoms with E-state index in [2.05, 4.69) is 9.50 Å². The lowest BCUT2D eigenvalue weighted by Gasteiger charge is -2.23. The molecule has 152 valence electrons. The quantitative estimate of drug-likeness (QED) is 0.235. The second-order valence-corrected chi connectivity index (χ2v) is 7.51. The van der Waals surface area contributed by atoms with Gasteiger partial charge in [-0.3, -0.25) is 13.8 Å². The van der Waals surface area contributed by atoms with Gasteiger partial charge in [0, 0.05) is 13.5 Å². The number of amides is 1. The van der Waals surface area contributed by atoms with E-state index in [-0.39, 0.29) is 18.1 Å². The molecule has 0 saturated heterocycles. The predicted molar refractivity (Wildman–Crippen MR) is 96.4 cm³/mol. The molecule has 0 radical (unpaired) electrons. The molecule has 0 aliphatic carbocycles. The van der Waals surface area contributed by atoms with Crippen molar-refractivity contribution in [2.24, 2.45) is 0 Å². The van der Waals surface area contributed by atoms with Gasteiger partial charge >= 0.3 is 5.97 Å². The smallest absolute Gasteiger partial charge is 0.312 e. The summed E-state index contributed by atoms with van der Waals surface area (Å²) in [5, 5.41) is 12.6. The molecule has 0 saturated carbocycles. The van der Waals surface area contributed by atoms with E-state index in [0.717, 1.165) is 12.7 Å². The van der Waals surface area contributed by atoms with Crippen LogP contribution in [0.25, 0.3) is 0 Å². The third-order valence-electron chi connectivity index (χ3n) is 3.49. The van der Waals surface area contributed by atoms with Gasteiger partial charge in [0.15, 0.2) is 6.29 Å². The maximum absolute atomic E-state index is 11.7. The van der Waals surface area contributed by atoms with Crippen LogP contribution >= 0.6 is 0 Å². The molecule has 1 aromatic carbocycles. The average Bonchev–Trinajstić information content (AvgIpc) is 2.61. The van der Waals surface area contributed by atoms with Gasteiger partial charge in [-0.15, -0.1) is 0 Å². The molecule has 0 aliphatic heterocycles. The van der Waals surface area contributed by atoms with E-state index in [1.807, 2.05) is 0 Å². The van der Waals surface area contributed by atoms with Crippen LogP contribution in [-0.2, 0) is 35.0 Å². The molecule has 2 atom stereocenters. The second-order valence-electron chi connectivity index (χ2n) is 5.65. The summed E-state index contributed by atoms with van der Waals surface area (Å²) in [5.41, 5.74) is 0.772. The van der Waals surface area contributed by atoms with Crippen LogP contribution in [0.2, 0.25) is 0 Å². The highest BCUT2D eigenvalue weighted by atomic mass is 32.2. The summed E-state index contributed by atoms with van der Waals surface area (Å²) in [6.07, 6.45) is -1.18. The van der Waals surface area contributed by atoms with Gasteiger partial charge in [-0.2, -0.15) is 8.42 Å². The maximum atomic E-state index is 11.7. The first-order chi connectivity index (χ1) is 12.7. The Morgan fingerprint density at radius 2 is 1.85 bits per heavy atom. The summed E-state index contributed by atoms with van der Waals surface area (Å²) in [4.78, 5) is 23.0. The molecule has 1 amide bonds. The molecule has 0 bridgehead atoms. The van der Waals surface area contributed by atoms with Crippen LogP contribution in [0.15, 0.2) is 24.3 Å². The Morgan fingerprint density at radius 1 is 1.22 bits per heavy atom. The molecule has 0 fully saturated rings. The summed E-state index contributed by atoms with van der Waals surface area (Å²) < 4.78 is 36.8. The van der Waals surface area contributed by atoms with E-state index in [4.69, 9.17) is 9.47 Å². The zero-order valence-electron chi connectivity index (χ0n) is 15.5. The Morgan fingerprint density at radius 3 is 2.37 bits per heavy atom. The lowest BCUT2D eigenvalue weighted by Crippen LogP contribution is -2.45. The summed E-state index contributed by atoms with van der Waals surface area (Å²) in [5.74, 6) is -1.21. The molecule has 10 heteroatoms. The van der Waals surface area contributed by atoms with Crippen LogP contribution in [0.1, 0.15) is 25.8 Å². The van der Waals surface area contributed by atoms with Crippen molar-refractivity contribution in [1.29, 1.82) is 0 Å². The standard InChI is InChI=1S/C17H25NO8S/c1-4-25-17(21)15(18-12(2)19)11-13-5-7-14(8-6-13)26-16(20)9-10-27(22,23)24-3/h5-8,15,17,21H,4,9-11H2,1-3H3,(H,18,19). The van der Waals surface area contributed by atoms with Gasteiger partial charge in [-0.25, -0.2) is 0 Å². The molecule has 0 aliphatic rings. The van der Waals surface area contributed by atoms with Gasteiger partial charge < -0.3 is 19.9 Å². The number of rotatable bonds is 11. The Kier molecular flexibility index (Phi) is 9.36. The van der Waals surface area contributed by atoms with Gasteiger partial charge in [0.25, 0.3) is 10.1 Å². The van der Waals surface area contributed by atoms with Crippen LogP contribution in [0.5, 0.6) is 5.75 Å². The van der Waals surface area contributed by atoms with Crippen LogP contribution in [0, 0.1) is 0 Å². The summed E-state index contributed by atoms with van der Waals surface area (Å²) in [6, 6.07) is 5.78. The molecule has 27 heavy (non-hydrogen) atoms. The van der Waals surface area contributed by atoms with Crippen LogP contribution in [-0.4, -0.2) is 57.2 Å². The SMILES string of the molecule is CCOC(O)C(Cc1ccc(OC(=O)CCS(=O)(=O)OC)cc1)NC(C)=O. The number of aliphatic hydroxyl groups is 1. The largest absolute Gasteiger partial charge is 0.427 e. The number of carbonyl (C=O) groups excluding carboxylic acids is 2. The zero-order valence-corrected chi connectivity index (χ0v) is 16.3. The highest BCUT2D eigenvalue weighted by Crippen LogP contribution is 2.15. The Labute approximate surface area is 158 Å². The van der Waals surface area contributed by atoms with Gasteiger partial charge in [-0.05, 0) is 31.0 Å². The lowest BCUT2D eigenvalue weighted by atomic mass is 10.1. The predicted octanol–water partition coefficient (Wildman–Crippen LogP) is 0.360. The fraction of sp³-hybridized carbons (Fsp3) is 0.529. The third kappa shape index (κ3) is 8.96. The summed E-state index contributed by atoms with van der Waals surface area (Å²) in [6.45, 7) is 3.37.